The predicted octanol–water partition coefficient (Wildman–Crippen LogP) is 2.51. The van der Waals surface area contributed by atoms with Crippen LogP contribution in [0.15, 0.2) is 18.2 Å². The van der Waals surface area contributed by atoms with Crippen LogP contribution in [0.4, 0.5) is 5.69 Å². The van der Waals surface area contributed by atoms with E-state index < -0.39 is 0 Å². The first kappa shape index (κ1) is 12.2. The number of hydrogen-bond donors (Lipinski definition) is 1. The van der Waals surface area contributed by atoms with Crippen LogP contribution in [0.2, 0.25) is 0 Å². The van der Waals surface area contributed by atoms with Crippen molar-refractivity contribution in [3.63, 3.8) is 0 Å². The van der Waals surface area contributed by atoms with Crippen LogP contribution >= 0.6 is 0 Å². The van der Waals surface area contributed by atoms with Gasteiger partial charge in [-0.15, -0.1) is 0 Å². The zero-order chi connectivity index (χ0) is 13.6. The predicted molar refractivity (Wildman–Crippen MR) is 73.3 cm³/mol. The van der Waals surface area contributed by atoms with Gasteiger partial charge in [0.05, 0.1) is 11.1 Å². The average molecular weight is 258 g/mol. The van der Waals surface area contributed by atoms with Crippen LogP contribution in [0.25, 0.3) is 0 Å². The lowest BCUT2D eigenvalue weighted by molar-refractivity contribution is 0.0693. The molecule has 0 bridgehead atoms. The number of amides is 2. The summed E-state index contributed by atoms with van der Waals surface area (Å²) in [5.41, 5.74) is 1.97. The van der Waals surface area contributed by atoms with Crippen LogP contribution < -0.4 is 5.32 Å². The van der Waals surface area contributed by atoms with Gasteiger partial charge in [-0.2, -0.15) is 0 Å². The fourth-order valence-electron chi connectivity index (χ4n) is 3.02. The van der Waals surface area contributed by atoms with Crippen molar-refractivity contribution in [2.75, 3.05) is 12.4 Å². The normalized spacial score (nSPS) is 25.9. The number of rotatable bonds is 2. The minimum absolute atomic E-state index is 0.205. The second-order valence-electron chi connectivity index (χ2n) is 5.69. The molecule has 2 amide bonds. The molecule has 0 radical (unpaired) electrons. The third-order valence-electron chi connectivity index (χ3n) is 4.16. The van der Waals surface area contributed by atoms with Crippen molar-refractivity contribution in [3.8, 4) is 0 Å². The molecular formula is C15H18N2O2. The second-order valence-corrected chi connectivity index (χ2v) is 5.69. The smallest absolute Gasteiger partial charge is 0.261 e. The fourth-order valence-corrected chi connectivity index (χ4v) is 3.02. The van der Waals surface area contributed by atoms with Crippen molar-refractivity contribution in [1.29, 1.82) is 0 Å². The Morgan fingerprint density at radius 2 is 1.89 bits per heavy atom. The van der Waals surface area contributed by atoms with Crippen molar-refractivity contribution < 1.29 is 9.59 Å². The molecule has 19 heavy (non-hydrogen) atoms. The van der Waals surface area contributed by atoms with Gasteiger partial charge in [0.2, 0.25) is 0 Å². The Kier molecular flexibility index (Phi) is 2.81. The van der Waals surface area contributed by atoms with Gasteiger partial charge in [-0.3, -0.25) is 14.5 Å². The molecule has 1 fully saturated rings. The van der Waals surface area contributed by atoms with Crippen LogP contribution in [0.3, 0.4) is 0 Å². The molecule has 2 atom stereocenters. The zero-order valence-corrected chi connectivity index (χ0v) is 11.3. The molecule has 1 heterocycles. The molecule has 1 aromatic rings. The van der Waals surface area contributed by atoms with E-state index >= 15 is 0 Å². The fraction of sp³-hybridized carbons (Fsp3) is 0.467. The lowest BCUT2D eigenvalue weighted by Crippen LogP contribution is -2.24. The Bertz CT molecular complexity index is 553. The lowest BCUT2D eigenvalue weighted by Gasteiger charge is -2.14. The van der Waals surface area contributed by atoms with E-state index in [2.05, 4.69) is 12.2 Å². The van der Waals surface area contributed by atoms with Gasteiger partial charge in [0.25, 0.3) is 11.8 Å². The number of imide groups is 1. The Hall–Kier alpha value is -1.84. The molecule has 1 aliphatic carbocycles. The van der Waals surface area contributed by atoms with Gasteiger partial charge in [0.1, 0.15) is 0 Å². The van der Waals surface area contributed by atoms with Crippen LogP contribution in [0.1, 0.15) is 46.9 Å². The highest BCUT2D eigenvalue weighted by atomic mass is 16.2. The highest BCUT2D eigenvalue weighted by molar-refractivity contribution is 6.21. The van der Waals surface area contributed by atoms with E-state index in [0.717, 1.165) is 11.6 Å². The molecule has 2 unspecified atom stereocenters. The van der Waals surface area contributed by atoms with Gasteiger partial charge in [-0.25, -0.2) is 0 Å². The molecule has 0 spiro atoms. The second kappa shape index (κ2) is 4.37. The molecule has 0 aromatic heterocycles. The Morgan fingerprint density at radius 3 is 2.58 bits per heavy atom. The molecule has 1 saturated carbocycles. The summed E-state index contributed by atoms with van der Waals surface area (Å²) in [5, 5.41) is 3.47. The SMILES string of the molecule is CC1CCC(Nc2ccc3c(c2)C(=O)N(C)C3=O)C1. The summed E-state index contributed by atoms with van der Waals surface area (Å²) >= 11 is 0. The van der Waals surface area contributed by atoms with E-state index in [1.54, 1.807) is 6.07 Å². The van der Waals surface area contributed by atoms with Gasteiger partial charge in [0, 0.05) is 18.8 Å². The van der Waals surface area contributed by atoms with E-state index in [-0.39, 0.29) is 11.8 Å². The maximum Gasteiger partial charge on any atom is 0.261 e. The van der Waals surface area contributed by atoms with Crippen molar-refractivity contribution in [2.24, 2.45) is 5.92 Å². The van der Waals surface area contributed by atoms with Gasteiger partial charge >= 0.3 is 0 Å². The standard InChI is InChI=1S/C15H18N2O2/c1-9-3-4-10(7-9)16-11-5-6-12-13(8-11)15(19)17(2)14(12)18/h5-6,8-10,16H,3-4,7H2,1-2H3. The molecule has 1 aromatic carbocycles. The van der Waals surface area contributed by atoms with E-state index in [9.17, 15) is 9.59 Å². The molecule has 1 aliphatic heterocycles. The highest BCUT2D eigenvalue weighted by Gasteiger charge is 2.33. The monoisotopic (exact) mass is 258 g/mol. The van der Waals surface area contributed by atoms with Gasteiger partial charge in [-0.1, -0.05) is 6.92 Å². The summed E-state index contributed by atoms with van der Waals surface area (Å²) in [5.74, 6) is 0.353. The maximum atomic E-state index is 11.9. The summed E-state index contributed by atoms with van der Waals surface area (Å²) in [6, 6.07) is 5.94. The van der Waals surface area contributed by atoms with Crippen molar-refractivity contribution in [1.82, 2.24) is 4.90 Å². The van der Waals surface area contributed by atoms with Crippen molar-refractivity contribution in [3.05, 3.63) is 29.3 Å². The number of hydrogen-bond acceptors (Lipinski definition) is 3. The summed E-state index contributed by atoms with van der Waals surface area (Å²) in [6.45, 7) is 2.27. The van der Waals surface area contributed by atoms with E-state index in [1.165, 1.54) is 31.2 Å². The number of nitrogens with zero attached hydrogens (tertiary/aromatic N) is 1. The molecule has 4 nitrogen and oxygen atoms in total. The van der Waals surface area contributed by atoms with Crippen LogP contribution in [-0.4, -0.2) is 29.8 Å². The third-order valence-corrected chi connectivity index (χ3v) is 4.16. The Morgan fingerprint density at radius 1 is 1.16 bits per heavy atom. The molecule has 100 valence electrons. The van der Waals surface area contributed by atoms with Gasteiger partial charge in [-0.05, 0) is 43.4 Å². The molecule has 2 aliphatic rings. The number of fused-ring (bicyclic) bond motifs is 1. The van der Waals surface area contributed by atoms with Crippen molar-refractivity contribution >= 4 is 17.5 Å². The summed E-state index contributed by atoms with van der Waals surface area (Å²) < 4.78 is 0. The first-order valence-electron chi connectivity index (χ1n) is 6.79. The summed E-state index contributed by atoms with van der Waals surface area (Å²) in [6.07, 6.45) is 3.59. The molecule has 3 rings (SSSR count). The highest BCUT2D eigenvalue weighted by Crippen LogP contribution is 2.29. The summed E-state index contributed by atoms with van der Waals surface area (Å²) in [7, 11) is 1.52. The Balaban J connectivity index is 1.83. The van der Waals surface area contributed by atoms with Crippen LogP contribution in [0, 0.1) is 5.92 Å². The third kappa shape index (κ3) is 2.01. The van der Waals surface area contributed by atoms with E-state index in [1.807, 2.05) is 12.1 Å². The molecule has 0 saturated heterocycles. The molecule has 4 heteroatoms. The maximum absolute atomic E-state index is 11.9. The quantitative estimate of drug-likeness (QED) is 0.829. The largest absolute Gasteiger partial charge is 0.382 e. The van der Waals surface area contributed by atoms with Gasteiger partial charge in [0.15, 0.2) is 0 Å². The number of nitrogens with one attached hydrogen (secondary N) is 1. The first-order chi connectivity index (χ1) is 9.06. The molecular weight excluding hydrogens is 240 g/mol. The Labute approximate surface area is 112 Å². The molecule has 1 N–H and O–H groups in total. The minimum Gasteiger partial charge on any atom is -0.382 e. The lowest BCUT2D eigenvalue weighted by atomic mass is 10.1. The van der Waals surface area contributed by atoms with Gasteiger partial charge < -0.3 is 5.32 Å². The van der Waals surface area contributed by atoms with Crippen LogP contribution in [-0.2, 0) is 0 Å². The first-order valence-corrected chi connectivity index (χ1v) is 6.79. The zero-order valence-electron chi connectivity index (χ0n) is 11.3. The number of carbonyl (C=O) groups is 2. The summed E-state index contributed by atoms with van der Waals surface area (Å²) in [4.78, 5) is 24.9. The number of anilines is 1. The van der Waals surface area contributed by atoms with Crippen LogP contribution in [0.5, 0.6) is 0 Å². The topological polar surface area (TPSA) is 49.4 Å². The average Bonchev–Trinajstić information content (AvgIpc) is 2.89. The van der Waals surface area contributed by atoms with E-state index in [0.29, 0.717) is 17.2 Å². The van der Waals surface area contributed by atoms with Crippen molar-refractivity contribution in [2.45, 2.75) is 32.2 Å². The number of carbonyl (C=O) groups excluding carboxylic acids is 2. The minimum atomic E-state index is -0.207. The number of benzene rings is 1. The van der Waals surface area contributed by atoms with E-state index in [4.69, 9.17) is 0 Å².